The van der Waals surface area contributed by atoms with E-state index in [9.17, 15) is 4.79 Å². The SMILES string of the molecule is COc1ccc([C@@H]2CN(C(=O)C3CCC3)[C@H]3CCN(Cc4ccccc4Cl)C[C@@H]23)cc1. The zero-order valence-electron chi connectivity index (χ0n) is 18.2. The van der Waals surface area contributed by atoms with Gasteiger partial charge < -0.3 is 9.64 Å². The molecule has 0 unspecified atom stereocenters. The smallest absolute Gasteiger partial charge is 0.225 e. The van der Waals surface area contributed by atoms with Crippen LogP contribution < -0.4 is 4.74 Å². The number of hydrogen-bond acceptors (Lipinski definition) is 3. The summed E-state index contributed by atoms with van der Waals surface area (Å²) in [6, 6.07) is 16.9. The van der Waals surface area contributed by atoms with Gasteiger partial charge in [-0.1, -0.05) is 48.4 Å². The number of carbonyl (C=O) groups excluding carboxylic acids is 1. The number of methoxy groups -OCH3 is 1. The summed E-state index contributed by atoms with van der Waals surface area (Å²) >= 11 is 6.44. The summed E-state index contributed by atoms with van der Waals surface area (Å²) in [5, 5.41) is 0.838. The highest BCUT2D eigenvalue weighted by Gasteiger charge is 2.48. The number of carbonyl (C=O) groups is 1. The third kappa shape index (κ3) is 4.08. The summed E-state index contributed by atoms with van der Waals surface area (Å²) in [5.74, 6) is 2.36. The van der Waals surface area contributed by atoms with Gasteiger partial charge in [-0.05, 0) is 48.6 Å². The lowest BCUT2D eigenvalue weighted by Gasteiger charge is -2.40. The van der Waals surface area contributed by atoms with Gasteiger partial charge in [-0.3, -0.25) is 9.69 Å². The number of halogens is 1. The third-order valence-corrected chi connectivity index (χ3v) is 8.02. The normalized spacial score (nSPS) is 26.4. The molecule has 1 amide bonds. The number of likely N-dealkylation sites (tertiary alicyclic amines) is 2. The fourth-order valence-electron chi connectivity index (χ4n) is 5.66. The van der Waals surface area contributed by atoms with Gasteiger partial charge in [-0.25, -0.2) is 0 Å². The summed E-state index contributed by atoms with van der Waals surface area (Å²) < 4.78 is 5.36. The van der Waals surface area contributed by atoms with Crippen LogP contribution in [0.1, 0.15) is 42.7 Å². The standard InChI is InChI=1S/C26H31ClN2O2/c1-31-21-11-9-18(10-12-21)22-17-29(26(30)19-6-4-7-19)25-13-14-28(16-23(22)25)15-20-5-2-3-8-24(20)27/h2-3,5,8-12,19,22-23,25H,4,6-7,13-17H2,1H3/t22-,23-,25-/m0/s1. The molecule has 3 atom stereocenters. The van der Waals surface area contributed by atoms with Crippen molar-refractivity contribution in [2.24, 2.45) is 11.8 Å². The van der Waals surface area contributed by atoms with Crippen molar-refractivity contribution < 1.29 is 9.53 Å². The van der Waals surface area contributed by atoms with E-state index in [1.165, 1.54) is 17.5 Å². The number of amides is 1. The maximum absolute atomic E-state index is 13.3. The van der Waals surface area contributed by atoms with E-state index in [0.717, 1.165) is 56.2 Å². The second-order valence-corrected chi connectivity index (χ2v) is 9.75. The molecule has 5 heteroatoms. The monoisotopic (exact) mass is 438 g/mol. The maximum atomic E-state index is 13.3. The molecule has 3 fully saturated rings. The van der Waals surface area contributed by atoms with Gasteiger partial charge in [-0.2, -0.15) is 0 Å². The molecule has 2 saturated heterocycles. The van der Waals surface area contributed by atoms with Crippen molar-refractivity contribution in [2.75, 3.05) is 26.7 Å². The molecule has 0 N–H and O–H groups in total. The van der Waals surface area contributed by atoms with Crippen molar-refractivity contribution in [3.8, 4) is 5.75 Å². The molecule has 2 heterocycles. The zero-order chi connectivity index (χ0) is 21.4. The lowest BCUT2D eigenvalue weighted by Crippen LogP contribution is -2.49. The fraction of sp³-hybridized carbons (Fsp3) is 0.500. The first-order valence-corrected chi connectivity index (χ1v) is 11.9. The first-order valence-electron chi connectivity index (χ1n) is 11.5. The zero-order valence-corrected chi connectivity index (χ0v) is 18.9. The van der Waals surface area contributed by atoms with Crippen LogP contribution in [0.15, 0.2) is 48.5 Å². The minimum absolute atomic E-state index is 0.261. The van der Waals surface area contributed by atoms with Crippen LogP contribution in [0.25, 0.3) is 0 Å². The number of benzene rings is 2. The van der Waals surface area contributed by atoms with Crippen LogP contribution in [0.2, 0.25) is 5.02 Å². The Morgan fingerprint density at radius 2 is 1.84 bits per heavy atom. The number of rotatable bonds is 5. The molecule has 0 bridgehead atoms. The minimum Gasteiger partial charge on any atom is -0.497 e. The number of fused-ring (bicyclic) bond motifs is 1. The Morgan fingerprint density at radius 1 is 1.06 bits per heavy atom. The Hall–Kier alpha value is -2.04. The van der Waals surface area contributed by atoms with Crippen LogP contribution in [-0.4, -0.2) is 48.5 Å². The molecule has 164 valence electrons. The second kappa shape index (κ2) is 8.84. The molecule has 31 heavy (non-hydrogen) atoms. The van der Waals surface area contributed by atoms with Crippen LogP contribution in [0.3, 0.4) is 0 Å². The third-order valence-electron chi connectivity index (χ3n) is 7.65. The van der Waals surface area contributed by atoms with Crippen LogP contribution in [0.4, 0.5) is 0 Å². The number of nitrogens with zero attached hydrogens (tertiary/aromatic N) is 2. The topological polar surface area (TPSA) is 32.8 Å². The molecule has 3 aliphatic rings. The molecular weight excluding hydrogens is 408 g/mol. The predicted octanol–water partition coefficient (Wildman–Crippen LogP) is 4.97. The van der Waals surface area contributed by atoms with Gasteiger partial charge >= 0.3 is 0 Å². The van der Waals surface area contributed by atoms with Crippen molar-refractivity contribution >= 4 is 17.5 Å². The van der Waals surface area contributed by atoms with Crippen LogP contribution in [0.5, 0.6) is 5.75 Å². The fourth-order valence-corrected chi connectivity index (χ4v) is 5.86. The number of hydrogen-bond donors (Lipinski definition) is 0. The van der Waals surface area contributed by atoms with E-state index >= 15 is 0 Å². The van der Waals surface area contributed by atoms with Gasteiger partial charge in [0.15, 0.2) is 0 Å². The van der Waals surface area contributed by atoms with E-state index in [-0.39, 0.29) is 5.92 Å². The molecule has 0 spiro atoms. The quantitative estimate of drug-likeness (QED) is 0.661. The van der Waals surface area contributed by atoms with Crippen molar-refractivity contribution in [3.63, 3.8) is 0 Å². The summed E-state index contributed by atoms with van der Waals surface area (Å²) in [7, 11) is 1.70. The maximum Gasteiger partial charge on any atom is 0.225 e. The Morgan fingerprint density at radius 3 is 2.52 bits per heavy atom. The van der Waals surface area contributed by atoms with E-state index in [0.29, 0.717) is 23.8 Å². The van der Waals surface area contributed by atoms with E-state index in [1.54, 1.807) is 7.11 Å². The van der Waals surface area contributed by atoms with Gasteiger partial charge in [0.25, 0.3) is 0 Å². The summed E-state index contributed by atoms with van der Waals surface area (Å²) in [4.78, 5) is 18.0. The molecule has 1 aliphatic carbocycles. The Balaban J connectivity index is 1.38. The van der Waals surface area contributed by atoms with Crippen molar-refractivity contribution in [3.05, 3.63) is 64.7 Å². The van der Waals surface area contributed by atoms with Gasteiger partial charge in [0.1, 0.15) is 5.75 Å². The molecular formula is C26H31ClN2O2. The summed E-state index contributed by atoms with van der Waals surface area (Å²) in [5.41, 5.74) is 2.50. The van der Waals surface area contributed by atoms with Crippen molar-refractivity contribution in [2.45, 2.75) is 44.2 Å². The summed E-state index contributed by atoms with van der Waals surface area (Å²) in [6.07, 6.45) is 4.38. The molecule has 0 aromatic heterocycles. The average Bonchev–Trinajstić information content (AvgIpc) is 3.13. The first kappa shape index (κ1) is 20.8. The molecule has 4 nitrogen and oxygen atoms in total. The second-order valence-electron chi connectivity index (χ2n) is 9.34. The minimum atomic E-state index is 0.261. The largest absolute Gasteiger partial charge is 0.497 e. The van der Waals surface area contributed by atoms with E-state index in [2.05, 4.69) is 34.1 Å². The average molecular weight is 439 g/mol. The van der Waals surface area contributed by atoms with Gasteiger partial charge in [0, 0.05) is 55.0 Å². The highest BCUT2D eigenvalue weighted by molar-refractivity contribution is 6.31. The van der Waals surface area contributed by atoms with E-state index < -0.39 is 0 Å². The molecule has 2 aliphatic heterocycles. The van der Waals surface area contributed by atoms with Gasteiger partial charge in [0.2, 0.25) is 5.91 Å². The molecule has 0 radical (unpaired) electrons. The highest BCUT2D eigenvalue weighted by atomic mass is 35.5. The predicted molar refractivity (Wildman–Crippen MR) is 123 cm³/mol. The van der Waals surface area contributed by atoms with Gasteiger partial charge in [0.05, 0.1) is 7.11 Å². The highest BCUT2D eigenvalue weighted by Crippen LogP contribution is 2.44. The van der Waals surface area contributed by atoms with Gasteiger partial charge in [-0.15, -0.1) is 0 Å². The van der Waals surface area contributed by atoms with Crippen LogP contribution in [0, 0.1) is 11.8 Å². The molecule has 2 aromatic carbocycles. The van der Waals surface area contributed by atoms with Crippen molar-refractivity contribution in [1.82, 2.24) is 9.80 Å². The first-order chi connectivity index (χ1) is 15.1. The lowest BCUT2D eigenvalue weighted by atomic mass is 9.81. The van der Waals surface area contributed by atoms with Crippen LogP contribution >= 0.6 is 11.6 Å². The Labute approximate surface area is 190 Å². The van der Waals surface area contributed by atoms with Crippen LogP contribution in [-0.2, 0) is 11.3 Å². The molecule has 1 saturated carbocycles. The Bertz CT molecular complexity index is 927. The van der Waals surface area contributed by atoms with Crippen molar-refractivity contribution in [1.29, 1.82) is 0 Å². The molecule has 5 rings (SSSR count). The summed E-state index contributed by atoms with van der Waals surface area (Å²) in [6.45, 7) is 3.73. The van der Waals surface area contributed by atoms with E-state index in [4.69, 9.17) is 16.3 Å². The molecule has 2 aromatic rings. The number of ether oxygens (including phenoxy) is 1. The number of piperidine rings is 1. The Kier molecular flexibility index (Phi) is 5.94. The lowest BCUT2D eigenvalue weighted by molar-refractivity contribution is -0.140. The van der Waals surface area contributed by atoms with E-state index in [1.807, 2.05) is 24.3 Å².